The molecule has 2 heterocycles. The first-order valence-corrected chi connectivity index (χ1v) is 13.1. The summed E-state index contributed by atoms with van der Waals surface area (Å²) in [5.41, 5.74) is 2.51. The van der Waals surface area contributed by atoms with Crippen LogP contribution in [0.1, 0.15) is 25.8 Å². The summed E-state index contributed by atoms with van der Waals surface area (Å²) in [4.78, 5) is 22.7. The number of nitrogens with one attached hydrogen (secondary N) is 2. The quantitative estimate of drug-likeness (QED) is 0.321. The lowest BCUT2D eigenvalue weighted by Gasteiger charge is -2.36. The molecule has 0 atom stereocenters. The third-order valence-electron chi connectivity index (χ3n) is 6.66. The van der Waals surface area contributed by atoms with Crippen LogP contribution in [0.15, 0.2) is 42.0 Å². The second-order valence-electron chi connectivity index (χ2n) is 10.0. The predicted molar refractivity (Wildman–Crippen MR) is 141 cm³/mol. The van der Waals surface area contributed by atoms with Crippen LogP contribution >= 0.6 is 11.6 Å². The van der Waals surface area contributed by atoms with Crippen LogP contribution in [-0.2, 0) is 9.63 Å². The minimum atomic E-state index is -4.53. The SMILES string of the molecule is CC1(C)ONC(c2c(F)cccc2Cl)=C1C(=O)NCCCN1CCN(c2ccc(F)cc2OCC(F)(F)F)CC1. The summed E-state index contributed by atoms with van der Waals surface area (Å²) in [6.45, 7) is 5.16. The fourth-order valence-corrected chi connectivity index (χ4v) is 4.97. The molecule has 2 aliphatic rings. The molecular formula is C27H30ClF5N4O3. The van der Waals surface area contributed by atoms with E-state index in [-0.39, 0.29) is 27.6 Å². The highest BCUT2D eigenvalue weighted by Crippen LogP contribution is 2.37. The van der Waals surface area contributed by atoms with E-state index in [9.17, 15) is 26.7 Å². The molecular weight excluding hydrogens is 559 g/mol. The number of amides is 1. The van der Waals surface area contributed by atoms with E-state index in [1.165, 1.54) is 30.3 Å². The Hall–Kier alpha value is -3.09. The van der Waals surface area contributed by atoms with Crippen LogP contribution < -0.4 is 20.4 Å². The van der Waals surface area contributed by atoms with Crippen molar-refractivity contribution in [2.75, 3.05) is 50.8 Å². The molecule has 2 aliphatic heterocycles. The van der Waals surface area contributed by atoms with E-state index in [2.05, 4.69) is 15.7 Å². The number of hydrogen-bond acceptors (Lipinski definition) is 6. The van der Waals surface area contributed by atoms with Gasteiger partial charge in [0, 0.05) is 38.8 Å². The van der Waals surface area contributed by atoms with E-state index in [4.69, 9.17) is 21.2 Å². The van der Waals surface area contributed by atoms with Crippen LogP contribution in [0, 0.1) is 11.6 Å². The average Bonchev–Trinajstić information content (AvgIpc) is 3.20. The first-order valence-electron chi connectivity index (χ1n) is 12.7. The van der Waals surface area contributed by atoms with Gasteiger partial charge in [0.25, 0.3) is 5.91 Å². The lowest BCUT2D eigenvalue weighted by molar-refractivity contribution is -0.153. The van der Waals surface area contributed by atoms with Crippen molar-refractivity contribution in [2.24, 2.45) is 0 Å². The van der Waals surface area contributed by atoms with E-state index < -0.39 is 35.9 Å². The van der Waals surface area contributed by atoms with E-state index in [0.29, 0.717) is 51.4 Å². The van der Waals surface area contributed by atoms with Crippen LogP contribution in [0.4, 0.5) is 27.6 Å². The van der Waals surface area contributed by atoms with E-state index in [1.54, 1.807) is 13.8 Å². The van der Waals surface area contributed by atoms with Crippen molar-refractivity contribution in [3.05, 3.63) is 64.2 Å². The molecule has 4 rings (SSSR count). The van der Waals surface area contributed by atoms with Gasteiger partial charge < -0.3 is 15.0 Å². The van der Waals surface area contributed by atoms with Gasteiger partial charge in [0.2, 0.25) is 0 Å². The molecule has 0 spiro atoms. The highest BCUT2D eigenvalue weighted by atomic mass is 35.5. The molecule has 218 valence electrons. The Morgan fingerprint density at radius 3 is 2.55 bits per heavy atom. The van der Waals surface area contributed by atoms with E-state index >= 15 is 0 Å². The van der Waals surface area contributed by atoms with Gasteiger partial charge in [0.05, 0.1) is 27.5 Å². The Morgan fingerprint density at radius 1 is 1.15 bits per heavy atom. The summed E-state index contributed by atoms with van der Waals surface area (Å²) in [6.07, 6.45) is -3.91. The first kappa shape index (κ1) is 29.9. The van der Waals surface area contributed by atoms with E-state index in [1.807, 2.05) is 4.90 Å². The molecule has 2 aromatic rings. The molecule has 1 saturated heterocycles. The zero-order valence-corrected chi connectivity index (χ0v) is 22.8. The molecule has 2 aromatic carbocycles. The van der Waals surface area contributed by atoms with Crippen molar-refractivity contribution in [3.8, 4) is 5.75 Å². The Balaban J connectivity index is 1.30. The lowest BCUT2D eigenvalue weighted by Crippen LogP contribution is -2.47. The highest BCUT2D eigenvalue weighted by Gasteiger charge is 2.40. The molecule has 40 heavy (non-hydrogen) atoms. The monoisotopic (exact) mass is 588 g/mol. The van der Waals surface area contributed by atoms with Crippen molar-refractivity contribution < 1.29 is 36.3 Å². The van der Waals surface area contributed by atoms with Crippen LogP contribution in [0.3, 0.4) is 0 Å². The van der Waals surface area contributed by atoms with Gasteiger partial charge in [-0.15, -0.1) is 0 Å². The van der Waals surface area contributed by atoms with Crippen LogP contribution in [0.25, 0.3) is 5.70 Å². The molecule has 0 unspecified atom stereocenters. The van der Waals surface area contributed by atoms with Gasteiger partial charge >= 0.3 is 6.18 Å². The molecule has 13 heteroatoms. The predicted octanol–water partition coefficient (Wildman–Crippen LogP) is 4.91. The number of alkyl halides is 3. The Morgan fingerprint density at radius 2 is 1.88 bits per heavy atom. The molecule has 0 aromatic heterocycles. The number of hydrogen-bond donors (Lipinski definition) is 2. The fourth-order valence-electron chi connectivity index (χ4n) is 4.71. The maximum absolute atomic E-state index is 14.5. The van der Waals surface area contributed by atoms with Crippen molar-refractivity contribution in [2.45, 2.75) is 32.0 Å². The number of benzene rings is 2. The number of carbonyl (C=O) groups is 1. The van der Waals surface area contributed by atoms with Gasteiger partial charge in [0.1, 0.15) is 23.0 Å². The summed E-state index contributed by atoms with van der Waals surface area (Å²) < 4.78 is 70.9. The zero-order chi connectivity index (χ0) is 29.1. The second-order valence-corrected chi connectivity index (χ2v) is 10.4. The number of carbonyl (C=O) groups excluding carboxylic acids is 1. The minimum absolute atomic E-state index is 0.0610. The lowest BCUT2D eigenvalue weighted by atomic mass is 9.93. The van der Waals surface area contributed by atoms with Gasteiger partial charge in [0.15, 0.2) is 6.61 Å². The van der Waals surface area contributed by atoms with Crippen LogP contribution in [0.5, 0.6) is 5.75 Å². The molecule has 1 amide bonds. The summed E-state index contributed by atoms with van der Waals surface area (Å²) in [5, 5.41) is 3.01. The van der Waals surface area contributed by atoms with Crippen molar-refractivity contribution in [1.29, 1.82) is 0 Å². The van der Waals surface area contributed by atoms with Crippen molar-refractivity contribution in [3.63, 3.8) is 0 Å². The van der Waals surface area contributed by atoms with Gasteiger partial charge in [-0.05, 0) is 51.1 Å². The third kappa shape index (κ3) is 7.15. The number of piperazine rings is 1. The number of ether oxygens (including phenoxy) is 1. The third-order valence-corrected chi connectivity index (χ3v) is 6.98. The molecule has 0 radical (unpaired) electrons. The average molecular weight is 589 g/mol. The fraction of sp³-hybridized carbons (Fsp3) is 0.444. The number of nitrogens with zero attached hydrogens (tertiary/aromatic N) is 2. The molecule has 2 N–H and O–H groups in total. The molecule has 1 fully saturated rings. The Kier molecular flexibility index (Phi) is 9.11. The highest BCUT2D eigenvalue weighted by molar-refractivity contribution is 6.32. The van der Waals surface area contributed by atoms with Gasteiger partial charge in [-0.2, -0.15) is 13.2 Å². The summed E-state index contributed by atoms with van der Waals surface area (Å²) in [6, 6.07) is 7.83. The van der Waals surface area contributed by atoms with Gasteiger partial charge in [-0.25, -0.2) is 8.78 Å². The summed E-state index contributed by atoms with van der Waals surface area (Å²) >= 11 is 6.20. The number of hydroxylamine groups is 1. The number of rotatable bonds is 9. The summed E-state index contributed by atoms with van der Waals surface area (Å²) in [7, 11) is 0. The summed E-state index contributed by atoms with van der Waals surface area (Å²) in [5.74, 6) is -1.81. The Labute approximate surface area is 233 Å². The van der Waals surface area contributed by atoms with Gasteiger partial charge in [-0.1, -0.05) is 17.7 Å². The molecule has 0 aliphatic carbocycles. The van der Waals surface area contributed by atoms with Crippen molar-refractivity contribution >= 4 is 28.9 Å². The standard InChI is InChI=1S/C27H30ClF5N4O3/c1-26(2)23(24(35-40-26)22-18(28)5-3-6-19(22)30)25(38)34-9-4-10-36-11-13-37(14-12-36)20-8-7-17(29)15-21(20)39-16-27(31,32)33/h3,5-8,15,35H,4,9-14,16H2,1-2H3,(H,34,38). The maximum atomic E-state index is 14.5. The van der Waals surface area contributed by atoms with Crippen molar-refractivity contribution in [1.82, 2.24) is 15.7 Å². The van der Waals surface area contributed by atoms with E-state index in [0.717, 1.165) is 6.07 Å². The van der Waals surface area contributed by atoms with Crippen LogP contribution in [-0.4, -0.2) is 68.5 Å². The number of anilines is 1. The minimum Gasteiger partial charge on any atom is -0.482 e. The zero-order valence-electron chi connectivity index (χ0n) is 22.0. The number of halogens is 6. The molecule has 0 saturated carbocycles. The second kappa shape index (κ2) is 12.2. The van der Waals surface area contributed by atoms with Crippen LogP contribution in [0.2, 0.25) is 5.02 Å². The first-order chi connectivity index (χ1) is 18.9. The normalized spacial score (nSPS) is 17.6. The topological polar surface area (TPSA) is 66.1 Å². The molecule has 7 nitrogen and oxygen atoms in total. The maximum Gasteiger partial charge on any atom is 0.422 e. The van der Waals surface area contributed by atoms with Gasteiger partial charge in [-0.3, -0.25) is 20.0 Å². The Bertz CT molecular complexity index is 1240. The smallest absolute Gasteiger partial charge is 0.422 e. The molecule has 0 bridgehead atoms. The largest absolute Gasteiger partial charge is 0.482 e.